The van der Waals surface area contributed by atoms with Crippen molar-refractivity contribution < 1.29 is 37.1 Å². The fraction of sp³-hybridized carbons (Fsp3) is 0.310. The summed E-state index contributed by atoms with van der Waals surface area (Å²) in [4.78, 5) is 23.7. The first-order chi connectivity index (χ1) is 18.2. The third-order valence-corrected chi connectivity index (χ3v) is 6.47. The number of benzene rings is 3. The van der Waals surface area contributed by atoms with Crippen LogP contribution in [-0.4, -0.2) is 24.0 Å². The number of amides is 1. The van der Waals surface area contributed by atoms with Gasteiger partial charge in [-0.3, -0.25) is 14.8 Å². The maximum Gasteiger partial charge on any atom is 0.243 e. The van der Waals surface area contributed by atoms with Gasteiger partial charge in [0.15, 0.2) is 5.78 Å². The first-order valence-electron chi connectivity index (χ1n) is 12.3. The lowest BCUT2D eigenvalue weighted by Gasteiger charge is -2.35. The van der Waals surface area contributed by atoms with Crippen molar-refractivity contribution in [2.45, 2.75) is 50.5 Å². The summed E-state index contributed by atoms with van der Waals surface area (Å²) in [6.45, 7) is 0. The highest BCUT2D eigenvalue weighted by molar-refractivity contribution is 5.96. The average Bonchev–Trinajstić information content (AvgIpc) is 2.90. The molecule has 0 unspecified atom stereocenters. The lowest BCUT2D eigenvalue weighted by Crippen LogP contribution is -2.34. The number of ether oxygens (including phenoxy) is 1. The van der Waals surface area contributed by atoms with E-state index >= 15 is 8.78 Å². The van der Waals surface area contributed by atoms with Crippen LogP contribution in [0, 0.1) is 23.3 Å². The minimum atomic E-state index is -1.88. The highest BCUT2D eigenvalue weighted by Gasteiger charge is 2.41. The zero-order chi connectivity index (χ0) is 27.7. The largest absolute Gasteiger partial charge is 0.364 e. The lowest BCUT2D eigenvalue weighted by molar-refractivity contribution is -0.129. The summed E-state index contributed by atoms with van der Waals surface area (Å²) in [5.41, 5.74) is 0.00918. The van der Waals surface area contributed by atoms with Crippen LogP contribution in [0.5, 0.6) is 0 Å². The molecule has 2 N–H and O–H groups in total. The fourth-order valence-corrected chi connectivity index (χ4v) is 4.54. The smallest absolute Gasteiger partial charge is 0.243 e. The van der Waals surface area contributed by atoms with Crippen molar-refractivity contribution in [2.75, 3.05) is 7.11 Å². The van der Waals surface area contributed by atoms with Crippen LogP contribution in [0.25, 0.3) is 0 Å². The van der Waals surface area contributed by atoms with Gasteiger partial charge in [0.2, 0.25) is 5.91 Å². The van der Waals surface area contributed by atoms with Crippen molar-refractivity contribution in [1.82, 2.24) is 5.48 Å². The van der Waals surface area contributed by atoms with E-state index < -0.39 is 34.8 Å². The van der Waals surface area contributed by atoms with Gasteiger partial charge in [-0.25, -0.2) is 23.0 Å². The summed E-state index contributed by atoms with van der Waals surface area (Å²) in [5.74, 6) is -4.15. The molecule has 3 aromatic carbocycles. The van der Waals surface area contributed by atoms with Crippen LogP contribution in [0.1, 0.15) is 72.0 Å². The van der Waals surface area contributed by atoms with Gasteiger partial charge >= 0.3 is 0 Å². The van der Waals surface area contributed by atoms with Gasteiger partial charge in [0.05, 0.1) is 0 Å². The first kappa shape index (κ1) is 29.0. The molecule has 0 fully saturated rings. The van der Waals surface area contributed by atoms with Gasteiger partial charge in [0, 0.05) is 48.8 Å². The Morgan fingerprint density at radius 3 is 1.74 bits per heavy atom. The van der Waals surface area contributed by atoms with Gasteiger partial charge in [-0.2, -0.15) is 0 Å². The molecule has 3 aromatic rings. The number of rotatable bonds is 13. The zero-order valence-corrected chi connectivity index (χ0v) is 20.9. The van der Waals surface area contributed by atoms with Gasteiger partial charge in [0.25, 0.3) is 0 Å². The van der Waals surface area contributed by atoms with Gasteiger partial charge in [-0.1, -0.05) is 43.5 Å². The normalized spacial score (nSPS) is 11.4. The Morgan fingerprint density at radius 1 is 0.763 bits per heavy atom. The molecule has 0 radical (unpaired) electrons. The molecular formula is C29H29F4NO4. The van der Waals surface area contributed by atoms with Gasteiger partial charge in [0.1, 0.15) is 28.9 Å². The van der Waals surface area contributed by atoms with Crippen molar-refractivity contribution >= 4 is 11.7 Å². The number of methoxy groups -OCH3 is 1. The van der Waals surface area contributed by atoms with Crippen LogP contribution in [-0.2, 0) is 15.1 Å². The Hall–Kier alpha value is -3.56. The predicted octanol–water partition coefficient (Wildman–Crippen LogP) is 6.60. The molecule has 202 valence electrons. The van der Waals surface area contributed by atoms with E-state index in [0.29, 0.717) is 37.0 Å². The number of halogens is 4. The number of nitrogens with one attached hydrogen (secondary N) is 1. The molecule has 3 rings (SSSR count). The Balaban J connectivity index is 1.81. The highest BCUT2D eigenvalue weighted by atomic mass is 19.1. The van der Waals surface area contributed by atoms with Crippen LogP contribution >= 0.6 is 0 Å². The molecule has 0 spiro atoms. The van der Waals surface area contributed by atoms with E-state index in [1.807, 2.05) is 0 Å². The molecule has 1 amide bonds. The van der Waals surface area contributed by atoms with Crippen LogP contribution in [0.4, 0.5) is 17.6 Å². The minimum absolute atomic E-state index is 0.111. The quantitative estimate of drug-likeness (QED) is 0.0651. The van der Waals surface area contributed by atoms with Crippen LogP contribution < -0.4 is 5.48 Å². The average molecular weight is 532 g/mol. The monoisotopic (exact) mass is 531 g/mol. The highest BCUT2D eigenvalue weighted by Crippen LogP contribution is 2.42. The molecule has 0 aliphatic carbocycles. The molecule has 0 aliphatic heterocycles. The van der Waals surface area contributed by atoms with Gasteiger partial charge in [-0.05, 0) is 42.7 Å². The van der Waals surface area contributed by atoms with Gasteiger partial charge < -0.3 is 4.74 Å². The van der Waals surface area contributed by atoms with Crippen molar-refractivity contribution in [3.63, 3.8) is 0 Å². The molecule has 9 heteroatoms. The van der Waals surface area contributed by atoms with E-state index in [0.717, 1.165) is 43.5 Å². The molecule has 0 saturated carbocycles. The van der Waals surface area contributed by atoms with Crippen LogP contribution in [0.3, 0.4) is 0 Å². The Kier molecular flexibility index (Phi) is 10.2. The molecule has 38 heavy (non-hydrogen) atoms. The molecule has 0 aliphatic rings. The molecule has 0 aromatic heterocycles. The summed E-state index contributed by atoms with van der Waals surface area (Å²) >= 11 is 0. The van der Waals surface area contributed by atoms with Crippen LogP contribution in [0.15, 0.2) is 60.7 Å². The van der Waals surface area contributed by atoms with E-state index in [1.165, 1.54) is 31.4 Å². The summed E-state index contributed by atoms with van der Waals surface area (Å²) in [5, 5.41) is 8.48. The van der Waals surface area contributed by atoms with E-state index in [2.05, 4.69) is 0 Å². The molecule has 0 saturated heterocycles. The second-order valence-corrected chi connectivity index (χ2v) is 8.94. The van der Waals surface area contributed by atoms with Crippen LogP contribution in [0.2, 0.25) is 0 Å². The number of carbonyl (C=O) groups is 2. The second-order valence-electron chi connectivity index (χ2n) is 8.94. The third kappa shape index (κ3) is 6.65. The summed E-state index contributed by atoms with van der Waals surface area (Å²) in [6, 6.07) is 11.7. The molecule has 0 bridgehead atoms. The lowest BCUT2D eigenvalue weighted by atomic mass is 9.79. The second kappa shape index (κ2) is 13.3. The molecule has 0 heterocycles. The van der Waals surface area contributed by atoms with Crippen molar-refractivity contribution in [3.8, 4) is 0 Å². The van der Waals surface area contributed by atoms with Crippen molar-refractivity contribution in [3.05, 3.63) is 106 Å². The number of unbranched alkanes of at least 4 members (excludes halogenated alkanes) is 4. The number of ketones is 1. The van der Waals surface area contributed by atoms with Gasteiger partial charge in [-0.15, -0.1) is 0 Å². The van der Waals surface area contributed by atoms with Crippen molar-refractivity contribution in [1.29, 1.82) is 0 Å². The number of carbonyl (C=O) groups excluding carboxylic acids is 2. The SMILES string of the molecule is COC(c1ccc(C(=O)CCCCCCCC(=O)NO)cc1)(c1ccc(F)cc1F)c1ccc(F)cc1F. The number of Topliss-reactive ketones (excluding diaryl/α,β-unsaturated/α-hetero) is 1. The fourth-order valence-electron chi connectivity index (χ4n) is 4.54. The molecule has 5 nitrogen and oxygen atoms in total. The first-order valence-corrected chi connectivity index (χ1v) is 12.3. The summed E-state index contributed by atoms with van der Waals surface area (Å²) in [7, 11) is 1.24. The third-order valence-electron chi connectivity index (χ3n) is 6.47. The minimum Gasteiger partial charge on any atom is -0.364 e. The van der Waals surface area contributed by atoms with E-state index in [4.69, 9.17) is 9.94 Å². The van der Waals surface area contributed by atoms with E-state index in [-0.39, 0.29) is 28.9 Å². The Labute approximate surface area is 218 Å². The number of hydroxylamine groups is 1. The van der Waals surface area contributed by atoms with Crippen molar-refractivity contribution in [2.24, 2.45) is 0 Å². The maximum absolute atomic E-state index is 15.0. The summed E-state index contributed by atoms with van der Waals surface area (Å²) in [6.07, 6.45) is 4.27. The number of hydrogen-bond acceptors (Lipinski definition) is 4. The molecule has 0 atom stereocenters. The number of hydrogen-bond donors (Lipinski definition) is 2. The Morgan fingerprint density at radius 2 is 1.26 bits per heavy atom. The topological polar surface area (TPSA) is 75.6 Å². The van der Waals surface area contributed by atoms with E-state index in [9.17, 15) is 18.4 Å². The Bertz CT molecular complexity index is 1210. The van der Waals surface area contributed by atoms with E-state index in [1.54, 1.807) is 5.48 Å². The summed E-state index contributed by atoms with van der Waals surface area (Å²) < 4.78 is 63.2. The molecular weight excluding hydrogens is 502 g/mol. The standard InChI is InChI=1S/C29H29F4NO4/c1-38-29(23-15-13-21(30)17-25(23)32,24-16-14-22(31)18-26(24)33)20-11-9-19(10-12-20)27(35)7-5-3-2-4-6-8-28(36)34-37/h9-18,37H,2-8H2,1H3,(H,34,36). The zero-order valence-electron chi connectivity index (χ0n) is 20.9. The predicted molar refractivity (Wildman–Crippen MR) is 133 cm³/mol. The maximum atomic E-state index is 15.0.